The zero-order valence-corrected chi connectivity index (χ0v) is 14.0. The van der Waals surface area contributed by atoms with Crippen LogP contribution in [-0.2, 0) is 19.5 Å². The van der Waals surface area contributed by atoms with Gasteiger partial charge in [0, 0.05) is 13.1 Å². The van der Waals surface area contributed by atoms with E-state index in [9.17, 15) is 18.0 Å². The first-order chi connectivity index (χ1) is 11.3. The van der Waals surface area contributed by atoms with Crippen LogP contribution in [0, 0.1) is 5.92 Å². The van der Waals surface area contributed by atoms with Gasteiger partial charge in [-0.1, -0.05) is 0 Å². The van der Waals surface area contributed by atoms with Crippen LogP contribution in [0.3, 0.4) is 0 Å². The van der Waals surface area contributed by atoms with Gasteiger partial charge in [-0.2, -0.15) is 13.5 Å². The molecule has 0 saturated carbocycles. The summed E-state index contributed by atoms with van der Waals surface area (Å²) in [6.07, 6.45) is 2.99. The molecule has 3 aliphatic heterocycles. The molecule has 0 aromatic carbocycles. The molecule has 0 aromatic rings. The van der Waals surface area contributed by atoms with Crippen molar-refractivity contribution in [3.8, 4) is 0 Å². The van der Waals surface area contributed by atoms with Crippen molar-refractivity contribution >= 4 is 22.3 Å². The Morgan fingerprint density at radius 3 is 2.83 bits per heavy atom. The predicted molar refractivity (Wildman–Crippen MR) is 82.0 cm³/mol. The summed E-state index contributed by atoms with van der Waals surface area (Å²) in [5.74, 6) is 0.147. The van der Waals surface area contributed by atoms with Gasteiger partial charge in [0.2, 0.25) is 5.91 Å². The molecule has 2 bridgehead atoms. The van der Waals surface area contributed by atoms with Crippen LogP contribution in [0.1, 0.15) is 25.7 Å². The highest BCUT2D eigenvalue weighted by Gasteiger charge is 2.49. The van der Waals surface area contributed by atoms with Gasteiger partial charge in [-0.25, -0.2) is 4.79 Å². The quantitative estimate of drug-likeness (QED) is 0.541. The van der Waals surface area contributed by atoms with E-state index in [0.717, 1.165) is 25.9 Å². The Hall–Kier alpha value is -1.43. The molecular weight excluding hydrogens is 340 g/mol. The van der Waals surface area contributed by atoms with Crippen molar-refractivity contribution in [1.29, 1.82) is 0 Å². The lowest BCUT2D eigenvalue weighted by atomic mass is 9.98. The third kappa shape index (κ3) is 3.79. The van der Waals surface area contributed by atoms with Crippen molar-refractivity contribution in [2.24, 2.45) is 5.92 Å². The molecule has 3 fully saturated rings. The lowest BCUT2D eigenvalue weighted by molar-refractivity contribution is -0.126. The van der Waals surface area contributed by atoms with Gasteiger partial charge in [-0.3, -0.25) is 9.35 Å². The molecule has 136 valence electrons. The molecule has 3 aliphatic rings. The zero-order valence-electron chi connectivity index (χ0n) is 13.2. The second-order valence-corrected chi connectivity index (χ2v) is 7.47. The van der Waals surface area contributed by atoms with Crippen molar-refractivity contribution in [2.45, 2.75) is 37.8 Å². The number of urea groups is 1. The number of hydrogen-bond donors (Lipinski definition) is 3. The Bertz CT molecular complexity index is 606. The number of piperidine rings is 2. The van der Waals surface area contributed by atoms with Gasteiger partial charge in [-0.15, -0.1) is 4.28 Å². The number of hydroxylamine groups is 2. The number of nitrogens with zero attached hydrogens (tertiary/aromatic N) is 2. The van der Waals surface area contributed by atoms with Crippen LogP contribution >= 0.6 is 0 Å². The highest BCUT2D eigenvalue weighted by Crippen LogP contribution is 2.30. The SMILES string of the molecule is O=C(NCC1CCCNC1)[C@@H]1CC[C@@H]2CN1C(=O)N2OS(=O)(=O)O. The minimum Gasteiger partial charge on any atom is -0.354 e. The standard InChI is InChI=1S/C13H22N4O6S/c18-12(15-7-9-2-1-5-14-6-9)11-4-3-10-8-16(11)13(19)17(10)23-24(20,21)22/h9-11,14H,1-8H2,(H,15,18)(H,20,21,22)/t9?,10-,11+/m1/s1. The summed E-state index contributed by atoms with van der Waals surface area (Å²) in [4.78, 5) is 26.0. The fourth-order valence-corrected chi connectivity index (χ4v) is 3.95. The van der Waals surface area contributed by atoms with Gasteiger partial charge in [0.05, 0.1) is 6.04 Å². The summed E-state index contributed by atoms with van der Waals surface area (Å²) in [7, 11) is -4.77. The van der Waals surface area contributed by atoms with E-state index in [-0.39, 0.29) is 12.5 Å². The number of amides is 3. The van der Waals surface area contributed by atoms with Crippen LogP contribution in [-0.4, -0.2) is 73.1 Å². The molecule has 3 heterocycles. The number of fused-ring (bicyclic) bond motifs is 2. The Morgan fingerprint density at radius 2 is 2.17 bits per heavy atom. The summed E-state index contributed by atoms with van der Waals surface area (Å²) >= 11 is 0. The Morgan fingerprint density at radius 1 is 1.38 bits per heavy atom. The summed E-state index contributed by atoms with van der Waals surface area (Å²) < 4.78 is 34.8. The predicted octanol–water partition coefficient (Wildman–Crippen LogP) is -0.895. The number of nitrogens with one attached hydrogen (secondary N) is 2. The van der Waals surface area contributed by atoms with Gasteiger partial charge in [0.1, 0.15) is 6.04 Å². The number of rotatable bonds is 5. The minimum atomic E-state index is -4.77. The number of hydrogen-bond acceptors (Lipinski definition) is 6. The average molecular weight is 362 g/mol. The lowest BCUT2D eigenvalue weighted by Gasteiger charge is -2.30. The maximum absolute atomic E-state index is 12.4. The van der Waals surface area contributed by atoms with Crippen molar-refractivity contribution in [1.82, 2.24) is 20.6 Å². The molecule has 0 radical (unpaired) electrons. The molecule has 10 nitrogen and oxygen atoms in total. The second kappa shape index (κ2) is 6.82. The molecule has 1 unspecified atom stereocenters. The van der Waals surface area contributed by atoms with Gasteiger partial charge >= 0.3 is 16.4 Å². The van der Waals surface area contributed by atoms with E-state index in [1.165, 1.54) is 4.90 Å². The molecule has 3 amide bonds. The molecule has 0 aliphatic carbocycles. The van der Waals surface area contributed by atoms with Gasteiger partial charge in [0.25, 0.3) is 0 Å². The van der Waals surface area contributed by atoms with E-state index in [0.29, 0.717) is 30.4 Å². The fraction of sp³-hybridized carbons (Fsp3) is 0.846. The van der Waals surface area contributed by atoms with E-state index in [2.05, 4.69) is 14.9 Å². The van der Waals surface area contributed by atoms with Gasteiger partial charge in [-0.05, 0) is 44.7 Å². The highest BCUT2D eigenvalue weighted by molar-refractivity contribution is 7.80. The van der Waals surface area contributed by atoms with Crippen LogP contribution in [0.15, 0.2) is 0 Å². The molecule has 0 spiro atoms. The van der Waals surface area contributed by atoms with Crippen molar-refractivity contribution in [2.75, 3.05) is 26.2 Å². The van der Waals surface area contributed by atoms with E-state index in [1.807, 2.05) is 0 Å². The molecular formula is C13H22N4O6S. The van der Waals surface area contributed by atoms with Crippen molar-refractivity contribution in [3.05, 3.63) is 0 Å². The largest absolute Gasteiger partial charge is 0.418 e. The van der Waals surface area contributed by atoms with Gasteiger partial charge in [0.15, 0.2) is 0 Å². The molecule has 3 saturated heterocycles. The van der Waals surface area contributed by atoms with Crippen LogP contribution in [0.4, 0.5) is 4.79 Å². The average Bonchev–Trinajstić information content (AvgIpc) is 2.77. The Balaban J connectivity index is 1.58. The van der Waals surface area contributed by atoms with E-state index in [1.54, 1.807) is 0 Å². The van der Waals surface area contributed by atoms with E-state index in [4.69, 9.17) is 4.55 Å². The van der Waals surface area contributed by atoms with E-state index < -0.39 is 28.5 Å². The van der Waals surface area contributed by atoms with Crippen LogP contribution in [0.25, 0.3) is 0 Å². The summed E-state index contributed by atoms with van der Waals surface area (Å²) in [6, 6.07) is -1.83. The minimum absolute atomic E-state index is 0.206. The topological polar surface area (TPSA) is 128 Å². The first kappa shape index (κ1) is 17.4. The zero-order chi connectivity index (χ0) is 17.3. The third-order valence-corrected chi connectivity index (χ3v) is 5.11. The molecule has 3 N–H and O–H groups in total. The van der Waals surface area contributed by atoms with Crippen molar-refractivity contribution in [3.63, 3.8) is 0 Å². The number of carbonyl (C=O) groups is 2. The third-order valence-electron chi connectivity index (χ3n) is 4.76. The molecule has 3 atom stereocenters. The smallest absolute Gasteiger partial charge is 0.354 e. The maximum Gasteiger partial charge on any atom is 0.418 e. The van der Waals surface area contributed by atoms with Crippen LogP contribution in [0.2, 0.25) is 0 Å². The molecule has 3 rings (SSSR count). The van der Waals surface area contributed by atoms with Crippen LogP contribution < -0.4 is 10.6 Å². The monoisotopic (exact) mass is 362 g/mol. The van der Waals surface area contributed by atoms with Crippen LogP contribution in [0.5, 0.6) is 0 Å². The van der Waals surface area contributed by atoms with E-state index >= 15 is 0 Å². The summed E-state index contributed by atoms with van der Waals surface area (Å²) in [5, 5.41) is 6.81. The fourth-order valence-electron chi connectivity index (χ4n) is 3.57. The Kier molecular flexibility index (Phi) is 4.95. The Labute approximate surface area is 140 Å². The lowest BCUT2D eigenvalue weighted by Crippen LogP contribution is -2.51. The number of carbonyl (C=O) groups excluding carboxylic acids is 2. The summed E-state index contributed by atoms with van der Waals surface area (Å²) in [5.41, 5.74) is 0. The second-order valence-electron chi connectivity index (χ2n) is 6.47. The highest BCUT2D eigenvalue weighted by atomic mass is 32.3. The maximum atomic E-state index is 12.4. The van der Waals surface area contributed by atoms with Crippen molar-refractivity contribution < 1.29 is 26.8 Å². The van der Waals surface area contributed by atoms with Gasteiger partial charge < -0.3 is 15.5 Å². The normalized spacial score (nSPS) is 30.5. The first-order valence-corrected chi connectivity index (χ1v) is 9.47. The molecule has 11 heteroatoms. The molecule has 24 heavy (non-hydrogen) atoms. The molecule has 0 aromatic heterocycles. The summed E-state index contributed by atoms with van der Waals surface area (Å²) in [6.45, 7) is 2.63. The first-order valence-electron chi connectivity index (χ1n) is 8.10.